The van der Waals surface area contributed by atoms with E-state index >= 15 is 0 Å². The molecule has 6 nitrogen and oxygen atoms in total. The average molecular weight is 529 g/mol. The molecular formula is C21H16BrF3N2O4S. The largest absolute Gasteiger partial charge is 0.486 e. The summed E-state index contributed by atoms with van der Waals surface area (Å²) in [5.41, 5.74) is -1.83. The highest BCUT2D eigenvalue weighted by molar-refractivity contribution is 9.10. The molecule has 2 aromatic rings. The Kier molecular flexibility index (Phi) is 5.49. The molecule has 0 amide bonds. The lowest BCUT2D eigenvalue weighted by atomic mass is 9.66. The van der Waals surface area contributed by atoms with Crippen molar-refractivity contribution in [3.63, 3.8) is 0 Å². The number of alkyl halides is 3. The Morgan fingerprint density at radius 3 is 2.56 bits per heavy atom. The lowest BCUT2D eigenvalue weighted by Crippen LogP contribution is -2.48. The van der Waals surface area contributed by atoms with Crippen molar-refractivity contribution in [3.8, 4) is 11.8 Å². The summed E-state index contributed by atoms with van der Waals surface area (Å²) < 4.78 is 73.8. The lowest BCUT2D eigenvalue weighted by Gasteiger charge is -2.41. The van der Waals surface area contributed by atoms with Gasteiger partial charge in [-0.05, 0) is 36.4 Å². The number of Topliss-reactive ketones (excluding diaryl/α,β-unsaturated/α-hetero) is 1. The molecule has 1 saturated carbocycles. The summed E-state index contributed by atoms with van der Waals surface area (Å²) in [5, 5.41) is 9.52. The number of rotatable bonds is 4. The molecule has 0 bridgehead atoms. The molecular weight excluding hydrogens is 513 g/mol. The van der Waals surface area contributed by atoms with Crippen LogP contribution in [0.4, 0.5) is 18.9 Å². The number of nitrogens with zero attached hydrogens (tertiary/aromatic N) is 2. The highest BCUT2D eigenvalue weighted by Crippen LogP contribution is 2.46. The van der Waals surface area contributed by atoms with Crippen LogP contribution in [0.3, 0.4) is 0 Å². The molecule has 0 radical (unpaired) electrons. The van der Waals surface area contributed by atoms with Gasteiger partial charge in [-0.15, -0.1) is 0 Å². The molecule has 4 rings (SSSR count). The monoisotopic (exact) mass is 528 g/mol. The van der Waals surface area contributed by atoms with Crippen LogP contribution in [-0.4, -0.2) is 26.8 Å². The highest BCUT2D eigenvalue weighted by atomic mass is 79.9. The van der Waals surface area contributed by atoms with Gasteiger partial charge in [-0.2, -0.15) is 18.4 Å². The first kappa shape index (κ1) is 22.6. The van der Waals surface area contributed by atoms with E-state index in [0.29, 0.717) is 10.5 Å². The number of halogens is 4. The summed E-state index contributed by atoms with van der Waals surface area (Å²) in [7, 11) is -4.39. The average Bonchev–Trinajstić information content (AvgIpc) is 2.71. The van der Waals surface area contributed by atoms with Crippen molar-refractivity contribution in [3.05, 3.63) is 52.5 Å². The van der Waals surface area contributed by atoms with Crippen LogP contribution in [-0.2, 0) is 21.0 Å². The van der Waals surface area contributed by atoms with E-state index in [4.69, 9.17) is 4.74 Å². The molecule has 2 aromatic carbocycles. The van der Waals surface area contributed by atoms with Crippen LogP contribution < -0.4 is 9.04 Å². The van der Waals surface area contributed by atoms with Gasteiger partial charge in [0.05, 0.1) is 34.2 Å². The fourth-order valence-electron chi connectivity index (χ4n) is 3.99. The molecule has 1 atom stereocenters. The number of carbonyl (C=O) groups is 1. The van der Waals surface area contributed by atoms with E-state index in [9.17, 15) is 31.6 Å². The zero-order valence-corrected chi connectivity index (χ0v) is 18.8. The first-order chi connectivity index (χ1) is 14.9. The number of nitriles is 1. The Morgan fingerprint density at radius 2 is 1.94 bits per heavy atom. The van der Waals surface area contributed by atoms with E-state index in [1.165, 1.54) is 6.07 Å². The van der Waals surface area contributed by atoms with E-state index in [1.807, 2.05) is 0 Å². The second kappa shape index (κ2) is 7.78. The molecule has 0 spiro atoms. The van der Waals surface area contributed by atoms with Crippen LogP contribution in [0.5, 0.6) is 5.75 Å². The van der Waals surface area contributed by atoms with Crippen LogP contribution in [0, 0.1) is 16.7 Å². The van der Waals surface area contributed by atoms with Crippen molar-refractivity contribution in [2.24, 2.45) is 5.41 Å². The van der Waals surface area contributed by atoms with E-state index < -0.39 is 38.2 Å². The summed E-state index contributed by atoms with van der Waals surface area (Å²) in [5.74, 6) is 0.166. The third kappa shape index (κ3) is 4.09. The van der Waals surface area contributed by atoms with Crippen LogP contribution in [0.25, 0.3) is 0 Å². The van der Waals surface area contributed by atoms with Gasteiger partial charge in [0, 0.05) is 23.7 Å². The van der Waals surface area contributed by atoms with Crippen LogP contribution >= 0.6 is 15.9 Å². The van der Waals surface area contributed by atoms with Gasteiger partial charge in [0.25, 0.3) is 10.0 Å². The van der Waals surface area contributed by atoms with E-state index in [0.717, 1.165) is 22.5 Å². The molecule has 1 aliphatic carbocycles. The minimum absolute atomic E-state index is 0.0554. The molecule has 168 valence electrons. The van der Waals surface area contributed by atoms with Gasteiger partial charge < -0.3 is 4.74 Å². The molecule has 0 N–H and O–H groups in total. The zero-order chi connectivity index (χ0) is 23.3. The standard InChI is InChI=1S/C21H16BrF3N2O4S/c22-14-4-5-19-18(7-14)27(11-16(31-19)10-20(12-26)8-15(28)9-20)32(29,30)17-3-1-2-13(6-17)21(23,24)25/h1-7,16H,8-11H2. The summed E-state index contributed by atoms with van der Waals surface area (Å²) in [6, 6.07) is 10.4. The Hall–Kier alpha value is -2.58. The van der Waals surface area contributed by atoms with Crippen molar-refractivity contribution in [1.82, 2.24) is 0 Å². The van der Waals surface area contributed by atoms with Crippen LogP contribution in [0.15, 0.2) is 51.8 Å². The van der Waals surface area contributed by atoms with Gasteiger partial charge in [0.15, 0.2) is 0 Å². The Labute approximate surface area is 190 Å². The number of anilines is 1. The first-order valence-electron chi connectivity index (χ1n) is 9.53. The molecule has 1 fully saturated rings. The van der Waals surface area contributed by atoms with E-state index in [2.05, 4.69) is 22.0 Å². The smallest absolute Gasteiger partial charge is 0.416 e. The Balaban J connectivity index is 1.74. The molecule has 0 aromatic heterocycles. The van der Waals surface area contributed by atoms with Gasteiger partial charge in [0.1, 0.15) is 17.6 Å². The van der Waals surface area contributed by atoms with Gasteiger partial charge in [0.2, 0.25) is 0 Å². The molecule has 32 heavy (non-hydrogen) atoms. The SMILES string of the molecule is N#CC1(CC2CN(S(=O)(=O)c3cccc(C(F)(F)F)c3)c3cc(Br)ccc3O2)CC(=O)C1. The quantitative estimate of drug-likeness (QED) is 0.574. The number of ether oxygens (including phenoxy) is 1. The van der Waals surface area contributed by atoms with Crippen molar-refractivity contribution in [2.45, 2.75) is 36.4 Å². The normalized spacial score (nSPS) is 20.0. The summed E-state index contributed by atoms with van der Waals surface area (Å²) >= 11 is 3.27. The minimum Gasteiger partial charge on any atom is -0.486 e. The summed E-state index contributed by atoms with van der Waals surface area (Å²) in [6.07, 6.45) is -5.19. The third-order valence-corrected chi connectivity index (χ3v) is 7.80. The third-order valence-electron chi connectivity index (χ3n) is 5.53. The molecule has 1 aliphatic heterocycles. The van der Waals surface area contributed by atoms with Gasteiger partial charge in [-0.3, -0.25) is 9.10 Å². The van der Waals surface area contributed by atoms with Crippen molar-refractivity contribution in [2.75, 3.05) is 10.8 Å². The molecule has 11 heteroatoms. The van der Waals surface area contributed by atoms with Gasteiger partial charge in [-0.25, -0.2) is 8.42 Å². The second-order valence-electron chi connectivity index (χ2n) is 7.90. The lowest BCUT2D eigenvalue weighted by molar-refractivity contribution is -0.137. The van der Waals surface area contributed by atoms with Gasteiger partial charge >= 0.3 is 6.18 Å². The number of carbonyl (C=O) groups excluding carboxylic acids is 1. The number of hydrogen-bond donors (Lipinski definition) is 0. The predicted octanol–water partition coefficient (Wildman–Crippen LogP) is 4.69. The number of hydrogen-bond acceptors (Lipinski definition) is 5. The van der Waals surface area contributed by atoms with Crippen molar-refractivity contribution < 1.29 is 31.1 Å². The number of fused-ring (bicyclic) bond motifs is 1. The second-order valence-corrected chi connectivity index (χ2v) is 10.7. The maximum absolute atomic E-state index is 13.4. The topological polar surface area (TPSA) is 87.5 Å². The summed E-state index contributed by atoms with van der Waals surface area (Å²) in [4.78, 5) is 11.0. The Morgan fingerprint density at radius 1 is 1.22 bits per heavy atom. The van der Waals surface area contributed by atoms with E-state index in [1.54, 1.807) is 12.1 Å². The maximum atomic E-state index is 13.4. The molecule has 1 heterocycles. The van der Waals surface area contributed by atoms with Crippen LogP contribution in [0.1, 0.15) is 24.8 Å². The van der Waals surface area contributed by atoms with Crippen LogP contribution in [0.2, 0.25) is 0 Å². The fourth-order valence-corrected chi connectivity index (χ4v) is 5.88. The first-order valence-corrected chi connectivity index (χ1v) is 11.8. The maximum Gasteiger partial charge on any atom is 0.416 e. The summed E-state index contributed by atoms with van der Waals surface area (Å²) in [6.45, 7) is -0.209. The highest BCUT2D eigenvalue weighted by Gasteiger charge is 2.48. The fraction of sp³-hybridized carbons (Fsp3) is 0.333. The molecule has 2 aliphatic rings. The number of benzene rings is 2. The number of ketones is 1. The minimum atomic E-state index is -4.70. The number of sulfonamides is 1. The molecule has 1 unspecified atom stereocenters. The Bertz CT molecular complexity index is 1230. The van der Waals surface area contributed by atoms with E-state index in [-0.39, 0.29) is 43.0 Å². The zero-order valence-electron chi connectivity index (χ0n) is 16.4. The molecule has 0 saturated heterocycles. The van der Waals surface area contributed by atoms with Gasteiger partial charge in [-0.1, -0.05) is 22.0 Å². The van der Waals surface area contributed by atoms with Crippen molar-refractivity contribution >= 4 is 37.4 Å². The predicted molar refractivity (Wildman–Crippen MR) is 111 cm³/mol. The van der Waals surface area contributed by atoms with Crippen molar-refractivity contribution in [1.29, 1.82) is 5.26 Å².